The van der Waals surface area contributed by atoms with Crippen LogP contribution >= 0.6 is 7.60 Å². The van der Waals surface area contributed by atoms with Crippen molar-refractivity contribution >= 4 is 13.3 Å². The lowest BCUT2D eigenvalue weighted by Gasteiger charge is -2.19. The highest BCUT2D eigenvalue weighted by Crippen LogP contribution is 2.44. The maximum atomic E-state index is 10.8. The number of rotatable bonds is 4. The Morgan fingerprint density at radius 3 is 2.12 bits per heavy atom. The van der Waals surface area contributed by atoms with Crippen molar-refractivity contribution in [3.8, 4) is 0 Å². The topological polar surface area (TPSA) is 147 Å². The molecule has 1 aromatic rings. The van der Waals surface area contributed by atoms with Gasteiger partial charge in [-0.1, -0.05) is 12.1 Å². The number of nitrogens with two attached hydrogens (primary N) is 1. The van der Waals surface area contributed by atoms with Crippen LogP contribution in [-0.4, -0.2) is 25.7 Å². The highest BCUT2D eigenvalue weighted by Gasteiger charge is 2.33. The van der Waals surface area contributed by atoms with Gasteiger partial charge in [0, 0.05) is 12.1 Å². The quantitative estimate of drug-likeness (QED) is 0.341. The van der Waals surface area contributed by atoms with Crippen LogP contribution in [0.5, 0.6) is 0 Å². The van der Waals surface area contributed by atoms with Gasteiger partial charge in [-0.25, -0.2) is 0 Å². The van der Waals surface area contributed by atoms with Crippen LogP contribution in [0.15, 0.2) is 24.3 Å². The van der Waals surface area contributed by atoms with Crippen LogP contribution in [0.1, 0.15) is 11.6 Å². The molecular formula is C8H11N2O6P. The summed E-state index contributed by atoms with van der Waals surface area (Å²) in [5.41, 5.74) is 5.46. The van der Waals surface area contributed by atoms with Gasteiger partial charge in [0.2, 0.25) is 0 Å². The van der Waals surface area contributed by atoms with E-state index in [-0.39, 0.29) is 11.3 Å². The summed E-state index contributed by atoms with van der Waals surface area (Å²) in [4.78, 5) is 27.2. The van der Waals surface area contributed by atoms with Gasteiger partial charge >= 0.3 is 7.60 Å². The number of non-ortho nitro benzene ring substituents is 1. The number of nitrogens with zero attached hydrogens (tertiary/aromatic N) is 1. The fourth-order valence-electron chi connectivity index (χ4n) is 1.20. The first-order valence-electron chi connectivity index (χ1n) is 4.46. The molecule has 0 amide bonds. The Kier molecular flexibility index (Phi) is 3.97. The van der Waals surface area contributed by atoms with Crippen molar-refractivity contribution in [1.29, 1.82) is 0 Å². The van der Waals surface area contributed by atoms with E-state index in [2.05, 4.69) is 0 Å². The van der Waals surface area contributed by atoms with E-state index < -0.39 is 24.4 Å². The molecule has 1 rings (SSSR count). The predicted octanol–water partition coefficient (Wildman–Crippen LogP) is 0.0907. The largest absolute Gasteiger partial charge is 0.379 e. The van der Waals surface area contributed by atoms with Crippen LogP contribution < -0.4 is 5.73 Å². The van der Waals surface area contributed by atoms with E-state index in [4.69, 9.17) is 15.5 Å². The van der Waals surface area contributed by atoms with Crippen molar-refractivity contribution in [1.82, 2.24) is 0 Å². The van der Waals surface area contributed by atoms with Gasteiger partial charge in [0.1, 0.15) is 0 Å². The summed E-state index contributed by atoms with van der Waals surface area (Å²) in [6.07, 6.45) is 0. The first-order valence-corrected chi connectivity index (χ1v) is 6.15. The number of aliphatic hydroxyl groups is 1. The summed E-state index contributed by atoms with van der Waals surface area (Å²) in [7, 11) is -4.71. The van der Waals surface area contributed by atoms with Gasteiger partial charge in [-0.3, -0.25) is 14.7 Å². The molecule has 17 heavy (non-hydrogen) atoms. The zero-order valence-electron chi connectivity index (χ0n) is 8.50. The van der Waals surface area contributed by atoms with Crippen LogP contribution in [0.3, 0.4) is 0 Å². The van der Waals surface area contributed by atoms with E-state index in [1.807, 2.05) is 0 Å². The summed E-state index contributed by atoms with van der Waals surface area (Å²) < 4.78 is 10.8. The third kappa shape index (κ3) is 3.32. The maximum Gasteiger partial charge on any atom is 0.355 e. The Morgan fingerprint density at radius 1 is 1.29 bits per heavy atom. The summed E-state index contributed by atoms with van der Waals surface area (Å²) in [6, 6.07) is 3.45. The number of benzene rings is 1. The van der Waals surface area contributed by atoms with Crippen molar-refractivity contribution in [2.24, 2.45) is 5.73 Å². The van der Waals surface area contributed by atoms with E-state index in [9.17, 15) is 19.8 Å². The molecule has 0 aliphatic heterocycles. The van der Waals surface area contributed by atoms with Crippen molar-refractivity contribution in [2.75, 3.05) is 0 Å². The highest BCUT2D eigenvalue weighted by atomic mass is 31.2. The van der Waals surface area contributed by atoms with Crippen molar-refractivity contribution in [3.63, 3.8) is 0 Å². The standard InChI is InChI=1S/C8H11N2O6P/c9-7(8(11)17(14,15)16)5-1-3-6(4-2-5)10(12)13/h1-4,7-8,11H,9H2,(H2,14,15,16)/t7-,8-/m1/s1. The molecule has 0 aliphatic rings. The molecule has 0 saturated carbocycles. The van der Waals surface area contributed by atoms with E-state index in [1.165, 1.54) is 12.1 Å². The molecule has 0 fully saturated rings. The van der Waals surface area contributed by atoms with Gasteiger partial charge in [-0.15, -0.1) is 0 Å². The highest BCUT2D eigenvalue weighted by molar-refractivity contribution is 7.52. The van der Waals surface area contributed by atoms with Crippen molar-refractivity contribution < 1.29 is 24.4 Å². The number of nitro groups is 1. The lowest BCUT2D eigenvalue weighted by Crippen LogP contribution is -2.26. The van der Waals surface area contributed by atoms with E-state index in [0.717, 1.165) is 12.1 Å². The molecule has 0 unspecified atom stereocenters. The Bertz CT molecular complexity index is 456. The molecule has 0 aromatic heterocycles. The Morgan fingerprint density at radius 2 is 1.76 bits per heavy atom. The molecule has 9 heteroatoms. The Hall–Kier alpha value is -1.31. The van der Waals surface area contributed by atoms with Gasteiger partial charge in [0.25, 0.3) is 5.69 Å². The van der Waals surface area contributed by atoms with Crippen molar-refractivity contribution in [2.45, 2.75) is 11.9 Å². The molecule has 2 atom stereocenters. The number of nitro benzene ring substituents is 1. The first kappa shape index (κ1) is 13.8. The van der Waals surface area contributed by atoms with Crippen LogP contribution in [0, 0.1) is 10.1 Å². The van der Waals surface area contributed by atoms with Gasteiger partial charge in [0.05, 0.1) is 11.0 Å². The van der Waals surface area contributed by atoms with E-state index in [1.54, 1.807) is 0 Å². The molecule has 5 N–H and O–H groups in total. The third-order valence-electron chi connectivity index (χ3n) is 2.15. The van der Waals surface area contributed by atoms with Gasteiger partial charge in [-0.05, 0) is 5.56 Å². The molecule has 0 radical (unpaired) electrons. The van der Waals surface area contributed by atoms with E-state index in [0.29, 0.717) is 0 Å². The summed E-state index contributed by atoms with van der Waals surface area (Å²) in [6.45, 7) is 0. The second-order valence-corrected chi connectivity index (χ2v) is 5.08. The van der Waals surface area contributed by atoms with Crippen LogP contribution in [0.4, 0.5) is 5.69 Å². The molecule has 0 saturated heterocycles. The van der Waals surface area contributed by atoms with Gasteiger partial charge in [0.15, 0.2) is 5.85 Å². The Labute approximate surface area is 96.0 Å². The van der Waals surface area contributed by atoms with Crippen LogP contribution in [0.2, 0.25) is 0 Å². The number of hydrogen-bond acceptors (Lipinski definition) is 5. The molecule has 1 aromatic carbocycles. The van der Waals surface area contributed by atoms with Crippen LogP contribution in [-0.2, 0) is 4.57 Å². The fourth-order valence-corrected chi connectivity index (χ4v) is 1.79. The smallest absolute Gasteiger partial charge is 0.355 e. The monoisotopic (exact) mass is 262 g/mol. The fraction of sp³-hybridized carbons (Fsp3) is 0.250. The summed E-state index contributed by atoms with van der Waals surface area (Å²) in [5, 5.41) is 19.6. The van der Waals surface area contributed by atoms with E-state index >= 15 is 0 Å². The maximum absolute atomic E-state index is 10.8. The second-order valence-electron chi connectivity index (χ2n) is 3.38. The molecule has 0 bridgehead atoms. The molecule has 0 spiro atoms. The van der Waals surface area contributed by atoms with Gasteiger partial charge < -0.3 is 20.6 Å². The average Bonchev–Trinajstić information content (AvgIpc) is 2.26. The molecule has 0 aliphatic carbocycles. The molecule has 8 nitrogen and oxygen atoms in total. The third-order valence-corrected chi connectivity index (χ3v) is 3.17. The predicted molar refractivity (Wildman–Crippen MR) is 58.1 cm³/mol. The molecular weight excluding hydrogens is 251 g/mol. The average molecular weight is 262 g/mol. The number of hydrogen-bond donors (Lipinski definition) is 4. The minimum Gasteiger partial charge on any atom is -0.379 e. The van der Waals surface area contributed by atoms with Gasteiger partial charge in [-0.2, -0.15) is 0 Å². The second kappa shape index (κ2) is 4.91. The molecule has 0 heterocycles. The lowest BCUT2D eigenvalue weighted by molar-refractivity contribution is -0.384. The molecule has 94 valence electrons. The minimum absolute atomic E-state index is 0.174. The lowest BCUT2D eigenvalue weighted by atomic mass is 10.1. The zero-order chi connectivity index (χ0) is 13.2. The van der Waals surface area contributed by atoms with Crippen molar-refractivity contribution in [3.05, 3.63) is 39.9 Å². The van der Waals surface area contributed by atoms with Crippen LogP contribution in [0.25, 0.3) is 0 Å². The SMILES string of the molecule is N[C@H](c1ccc([N+](=O)[O-])cc1)[C@H](O)P(=O)(O)O. The summed E-state index contributed by atoms with van der Waals surface area (Å²) >= 11 is 0. The normalized spacial score (nSPS) is 15.3. The number of aliphatic hydroxyl groups excluding tert-OH is 1. The first-order chi connectivity index (χ1) is 7.73. The summed E-state index contributed by atoms with van der Waals surface area (Å²) in [5.74, 6) is -2.04. The Balaban J connectivity index is 2.94. The zero-order valence-corrected chi connectivity index (χ0v) is 9.40. The minimum atomic E-state index is -4.71.